The van der Waals surface area contributed by atoms with Gasteiger partial charge in [0.2, 0.25) is 0 Å². The van der Waals surface area contributed by atoms with E-state index in [2.05, 4.69) is 22.2 Å². The van der Waals surface area contributed by atoms with Gasteiger partial charge in [0.1, 0.15) is 29.5 Å². The lowest BCUT2D eigenvalue weighted by molar-refractivity contribution is 0.358. The Hall–Kier alpha value is -3.08. The molecule has 5 heteroatoms. The summed E-state index contributed by atoms with van der Waals surface area (Å²) in [5.41, 5.74) is 8.06. The summed E-state index contributed by atoms with van der Waals surface area (Å²) in [5.74, 6) is 3.62. The molecule has 5 nitrogen and oxygen atoms in total. The summed E-state index contributed by atoms with van der Waals surface area (Å²) in [6.07, 6.45) is 6.41. The van der Waals surface area contributed by atoms with Crippen molar-refractivity contribution >= 4 is 11.6 Å². The maximum absolute atomic E-state index is 6.23. The van der Waals surface area contributed by atoms with Crippen molar-refractivity contribution in [2.75, 3.05) is 11.1 Å². The van der Waals surface area contributed by atoms with Crippen LogP contribution in [-0.2, 0) is 0 Å². The summed E-state index contributed by atoms with van der Waals surface area (Å²) >= 11 is 0. The summed E-state index contributed by atoms with van der Waals surface area (Å²) in [6, 6.07) is 18.1. The number of hydrogen-bond donors (Lipinski definition) is 2. The SMILES string of the molecule is C[C@@H]1CCC[C@H](Nc2ncnc(N)c2-c2ccc(Oc3ccccc3)cc2)C1. The monoisotopic (exact) mass is 374 g/mol. The van der Waals surface area contributed by atoms with Crippen LogP contribution in [0.1, 0.15) is 32.6 Å². The highest BCUT2D eigenvalue weighted by Crippen LogP contribution is 2.34. The van der Waals surface area contributed by atoms with Crippen LogP contribution >= 0.6 is 0 Å². The first-order chi connectivity index (χ1) is 13.7. The number of benzene rings is 2. The fourth-order valence-electron chi connectivity index (χ4n) is 3.87. The Morgan fingerprint density at radius 2 is 1.71 bits per heavy atom. The standard InChI is InChI=1S/C23H26N4O/c1-16-6-5-7-18(14-16)27-23-21(22(24)25-15-26-23)17-10-12-20(13-11-17)28-19-8-3-2-4-9-19/h2-4,8-13,15-16,18H,5-7,14H2,1H3,(H3,24,25,26,27)/t16-,18+/m1/s1. The first kappa shape index (κ1) is 18.3. The molecule has 1 aliphatic carbocycles. The van der Waals surface area contributed by atoms with Gasteiger partial charge in [-0.15, -0.1) is 0 Å². The van der Waals surface area contributed by atoms with Crippen molar-refractivity contribution in [2.24, 2.45) is 5.92 Å². The second kappa shape index (κ2) is 8.30. The largest absolute Gasteiger partial charge is 0.457 e. The van der Waals surface area contributed by atoms with E-state index in [9.17, 15) is 0 Å². The van der Waals surface area contributed by atoms with Crippen molar-refractivity contribution in [3.63, 3.8) is 0 Å². The number of rotatable bonds is 5. The van der Waals surface area contributed by atoms with Crippen molar-refractivity contribution in [3.05, 3.63) is 60.9 Å². The molecule has 0 saturated heterocycles. The van der Waals surface area contributed by atoms with Gasteiger partial charge in [0.15, 0.2) is 0 Å². The molecule has 1 saturated carbocycles. The number of aromatic nitrogens is 2. The van der Waals surface area contributed by atoms with E-state index in [4.69, 9.17) is 10.5 Å². The van der Waals surface area contributed by atoms with E-state index in [0.717, 1.165) is 47.2 Å². The predicted octanol–water partition coefficient (Wildman–Crippen LogP) is 5.51. The Labute approximate surface area is 166 Å². The summed E-state index contributed by atoms with van der Waals surface area (Å²) < 4.78 is 5.88. The van der Waals surface area contributed by atoms with Crippen molar-refractivity contribution in [2.45, 2.75) is 38.6 Å². The number of nitrogens with zero attached hydrogens (tertiary/aromatic N) is 2. The van der Waals surface area contributed by atoms with E-state index in [0.29, 0.717) is 11.9 Å². The summed E-state index contributed by atoms with van der Waals surface area (Å²) in [4.78, 5) is 8.70. The maximum atomic E-state index is 6.23. The molecule has 0 unspecified atom stereocenters. The lowest BCUT2D eigenvalue weighted by Gasteiger charge is -2.28. The summed E-state index contributed by atoms with van der Waals surface area (Å²) in [7, 11) is 0. The van der Waals surface area contributed by atoms with Crippen molar-refractivity contribution < 1.29 is 4.74 Å². The van der Waals surface area contributed by atoms with Crippen molar-refractivity contribution in [1.29, 1.82) is 0 Å². The van der Waals surface area contributed by atoms with E-state index in [1.54, 1.807) is 0 Å². The van der Waals surface area contributed by atoms with Crippen molar-refractivity contribution in [1.82, 2.24) is 9.97 Å². The molecule has 1 aliphatic rings. The number of nitrogens with two attached hydrogens (primary N) is 1. The van der Waals surface area contributed by atoms with E-state index < -0.39 is 0 Å². The van der Waals surface area contributed by atoms with E-state index >= 15 is 0 Å². The third-order valence-electron chi connectivity index (χ3n) is 5.28. The Morgan fingerprint density at radius 3 is 2.46 bits per heavy atom. The summed E-state index contributed by atoms with van der Waals surface area (Å²) in [6.45, 7) is 2.31. The molecule has 0 spiro atoms. The number of nitrogens with one attached hydrogen (secondary N) is 1. The lowest BCUT2D eigenvalue weighted by atomic mass is 9.87. The molecule has 1 heterocycles. The minimum atomic E-state index is 0.428. The second-order valence-corrected chi connectivity index (χ2v) is 7.54. The third-order valence-corrected chi connectivity index (χ3v) is 5.28. The molecule has 1 fully saturated rings. The first-order valence-electron chi connectivity index (χ1n) is 9.89. The van der Waals surface area contributed by atoms with Gasteiger partial charge in [0, 0.05) is 6.04 Å². The van der Waals surface area contributed by atoms with Crippen LogP contribution in [0.5, 0.6) is 11.5 Å². The second-order valence-electron chi connectivity index (χ2n) is 7.54. The van der Waals surface area contributed by atoms with Gasteiger partial charge in [-0.25, -0.2) is 9.97 Å². The molecule has 3 N–H and O–H groups in total. The average Bonchev–Trinajstić information content (AvgIpc) is 2.70. The Morgan fingerprint density at radius 1 is 0.964 bits per heavy atom. The fourth-order valence-corrected chi connectivity index (χ4v) is 3.87. The van der Waals surface area contributed by atoms with Crippen LogP contribution in [0, 0.1) is 5.92 Å². The maximum Gasteiger partial charge on any atom is 0.139 e. The Bertz CT molecular complexity index is 912. The number of ether oxygens (including phenoxy) is 1. The van der Waals surface area contributed by atoms with Crippen LogP contribution in [0.3, 0.4) is 0 Å². The smallest absolute Gasteiger partial charge is 0.139 e. The molecule has 0 amide bonds. The van der Waals surface area contributed by atoms with Crippen LogP contribution in [0.25, 0.3) is 11.1 Å². The molecule has 2 aromatic carbocycles. The zero-order valence-electron chi connectivity index (χ0n) is 16.1. The van der Waals surface area contributed by atoms with Gasteiger partial charge in [0.05, 0.1) is 5.56 Å². The molecule has 28 heavy (non-hydrogen) atoms. The molecule has 4 rings (SSSR count). The molecule has 1 aromatic heterocycles. The molecule has 2 atom stereocenters. The highest BCUT2D eigenvalue weighted by atomic mass is 16.5. The number of nitrogen functional groups attached to an aromatic ring is 1. The van der Waals surface area contributed by atoms with Gasteiger partial charge in [-0.1, -0.05) is 50.1 Å². The number of hydrogen-bond acceptors (Lipinski definition) is 5. The minimum Gasteiger partial charge on any atom is -0.457 e. The van der Waals surface area contributed by atoms with Crippen LogP contribution in [0.2, 0.25) is 0 Å². The Kier molecular flexibility index (Phi) is 5.42. The van der Waals surface area contributed by atoms with Gasteiger partial charge in [0.25, 0.3) is 0 Å². The minimum absolute atomic E-state index is 0.428. The molecular weight excluding hydrogens is 348 g/mol. The van der Waals surface area contributed by atoms with E-state index in [1.807, 2.05) is 54.6 Å². The highest BCUT2D eigenvalue weighted by Gasteiger charge is 2.21. The summed E-state index contributed by atoms with van der Waals surface area (Å²) in [5, 5.41) is 3.61. The quantitative estimate of drug-likeness (QED) is 0.616. The first-order valence-corrected chi connectivity index (χ1v) is 9.89. The topological polar surface area (TPSA) is 73.1 Å². The highest BCUT2D eigenvalue weighted by molar-refractivity contribution is 5.83. The molecule has 0 radical (unpaired) electrons. The van der Waals surface area contributed by atoms with Gasteiger partial charge in [-0.3, -0.25) is 0 Å². The average molecular weight is 374 g/mol. The Balaban J connectivity index is 1.56. The van der Waals surface area contributed by atoms with Gasteiger partial charge < -0.3 is 15.8 Å². The zero-order valence-corrected chi connectivity index (χ0v) is 16.1. The van der Waals surface area contributed by atoms with Crippen molar-refractivity contribution in [3.8, 4) is 22.6 Å². The number of anilines is 2. The van der Waals surface area contributed by atoms with Gasteiger partial charge >= 0.3 is 0 Å². The van der Waals surface area contributed by atoms with E-state index in [-0.39, 0.29) is 0 Å². The molecule has 144 valence electrons. The van der Waals surface area contributed by atoms with E-state index in [1.165, 1.54) is 19.2 Å². The van der Waals surface area contributed by atoms with Crippen LogP contribution in [0.4, 0.5) is 11.6 Å². The zero-order chi connectivity index (χ0) is 19.3. The normalized spacial score (nSPS) is 19.2. The van der Waals surface area contributed by atoms with Gasteiger partial charge in [-0.2, -0.15) is 0 Å². The fraction of sp³-hybridized carbons (Fsp3) is 0.304. The third kappa shape index (κ3) is 4.25. The molecule has 0 bridgehead atoms. The van der Waals surface area contributed by atoms with Gasteiger partial charge in [-0.05, 0) is 48.6 Å². The van der Waals surface area contributed by atoms with Crippen LogP contribution < -0.4 is 15.8 Å². The molecule has 3 aromatic rings. The van der Waals surface area contributed by atoms with Crippen LogP contribution in [-0.4, -0.2) is 16.0 Å². The lowest BCUT2D eigenvalue weighted by Crippen LogP contribution is -2.27. The molecular formula is C23H26N4O. The molecule has 0 aliphatic heterocycles. The predicted molar refractivity (Wildman–Crippen MR) is 113 cm³/mol. The number of para-hydroxylation sites is 1. The van der Waals surface area contributed by atoms with Crippen LogP contribution in [0.15, 0.2) is 60.9 Å².